The van der Waals surface area contributed by atoms with E-state index in [-0.39, 0.29) is 4.90 Å². The Balaban J connectivity index is 1.96. The highest BCUT2D eigenvalue weighted by atomic mass is 32.2. The molecule has 1 heterocycles. The fourth-order valence-corrected chi connectivity index (χ4v) is 3.89. The molecule has 0 radical (unpaired) electrons. The summed E-state index contributed by atoms with van der Waals surface area (Å²) in [4.78, 5) is 12.2. The molecule has 7 nitrogen and oxygen atoms in total. The van der Waals surface area contributed by atoms with Crippen molar-refractivity contribution in [2.45, 2.75) is 30.8 Å². The Morgan fingerprint density at radius 2 is 1.79 bits per heavy atom. The molecule has 0 unspecified atom stereocenters. The molecule has 150 valence electrons. The van der Waals surface area contributed by atoms with Crippen LogP contribution in [0.15, 0.2) is 41.3 Å². The summed E-state index contributed by atoms with van der Waals surface area (Å²) in [6, 6.07) is 9.38. The Bertz CT molecular complexity index is 1010. The van der Waals surface area contributed by atoms with E-state index >= 15 is 0 Å². The quantitative estimate of drug-likeness (QED) is 0.711. The number of ether oxygens (including phenoxy) is 3. The molecule has 0 atom stereocenters. The predicted octanol–water partition coefficient (Wildman–Crippen LogP) is 3.23. The maximum Gasteiger partial charge on any atom is 0.338 e. The van der Waals surface area contributed by atoms with Crippen molar-refractivity contribution in [2.75, 3.05) is 21.2 Å². The molecule has 0 saturated heterocycles. The summed E-state index contributed by atoms with van der Waals surface area (Å²) in [6.45, 7) is 3.91. The van der Waals surface area contributed by atoms with Crippen molar-refractivity contribution in [3.8, 4) is 17.2 Å². The molecule has 0 bridgehead atoms. The lowest BCUT2D eigenvalue weighted by Gasteiger charge is -2.16. The van der Waals surface area contributed by atoms with Gasteiger partial charge in [0.15, 0.2) is 0 Å². The fraction of sp³-hybridized carbons (Fsp3) is 0.350. The first-order valence-electron chi connectivity index (χ1n) is 8.68. The maximum atomic E-state index is 12.2. The Morgan fingerprint density at radius 1 is 1.14 bits per heavy atom. The number of rotatable bonds is 5. The average molecular weight is 405 g/mol. The van der Waals surface area contributed by atoms with E-state index in [4.69, 9.17) is 14.2 Å². The number of fused-ring (bicyclic) bond motifs is 1. The van der Waals surface area contributed by atoms with E-state index in [1.165, 1.54) is 33.3 Å². The number of benzene rings is 2. The number of hydrogen-bond donors (Lipinski definition) is 0. The van der Waals surface area contributed by atoms with Crippen molar-refractivity contribution >= 4 is 16.0 Å². The monoisotopic (exact) mass is 405 g/mol. The van der Waals surface area contributed by atoms with Gasteiger partial charge in [0.2, 0.25) is 10.0 Å². The van der Waals surface area contributed by atoms with Gasteiger partial charge in [-0.2, -0.15) is 0 Å². The van der Waals surface area contributed by atoms with Crippen LogP contribution in [0.2, 0.25) is 0 Å². The SMILES string of the molecule is COC(=O)c1cc(Oc2ccc(S(=O)(=O)N(C)C)cc2)c2c(c1)OC(C)(C)C2. The summed E-state index contributed by atoms with van der Waals surface area (Å²) in [6.07, 6.45) is 0.617. The number of hydrogen-bond acceptors (Lipinski definition) is 6. The third-order valence-corrected chi connectivity index (χ3v) is 6.24. The number of carbonyl (C=O) groups excluding carboxylic acids is 1. The normalized spacial score (nSPS) is 15.1. The van der Waals surface area contributed by atoms with Gasteiger partial charge in [-0.3, -0.25) is 0 Å². The molecule has 0 amide bonds. The summed E-state index contributed by atoms with van der Waals surface area (Å²) in [5.41, 5.74) is 0.752. The molecule has 8 heteroatoms. The number of methoxy groups -OCH3 is 1. The minimum atomic E-state index is -3.52. The minimum absolute atomic E-state index is 0.169. The molecule has 0 spiro atoms. The van der Waals surface area contributed by atoms with Gasteiger partial charge in [0.1, 0.15) is 22.8 Å². The first-order valence-corrected chi connectivity index (χ1v) is 10.1. The van der Waals surface area contributed by atoms with E-state index in [0.29, 0.717) is 29.2 Å². The largest absolute Gasteiger partial charge is 0.487 e. The van der Waals surface area contributed by atoms with Crippen LogP contribution in [0.25, 0.3) is 0 Å². The van der Waals surface area contributed by atoms with Gasteiger partial charge < -0.3 is 14.2 Å². The Kier molecular flexibility index (Phi) is 5.12. The Hall–Kier alpha value is -2.58. The summed E-state index contributed by atoms with van der Waals surface area (Å²) < 4.78 is 42.3. The molecular weight excluding hydrogens is 382 g/mol. The van der Waals surface area contributed by atoms with E-state index < -0.39 is 21.6 Å². The van der Waals surface area contributed by atoms with Gasteiger partial charge in [0.25, 0.3) is 0 Å². The molecule has 2 aromatic rings. The molecule has 0 aromatic heterocycles. The molecular formula is C20H23NO6S. The summed E-state index contributed by atoms with van der Waals surface area (Å²) in [5.74, 6) is 1.02. The third kappa shape index (κ3) is 3.83. The van der Waals surface area contributed by atoms with Crippen LogP contribution in [0.4, 0.5) is 0 Å². The van der Waals surface area contributed by atoms with Gasteiger partial charge in [0, 0.05) is 26.1 Å². The van der Waals surface area contributed by atoms with E-state index in [0.717, 1.165) is 9.87 Å². The van der Waals surface area contributed by atoms with E-state index in [1.807, 2.05) is 13.8 Å². The van der Waals surface area contributed by atoms with Gasteiger partial charge in [-0.15, -0.1) is 0 Å². The first kappa shape index (κ1) is 20.2. The van der Waals surface area contributed by atoms with Crippen molar-refractivity contribution in [1.29, 1.82) is 0 Å². The van der Waals surface area contributed by atoms with Gasteiger partial charge in [-0.05, 0) is 50.2 Å². The smallest absolute Gasteiger partial charge is 0.338 e. The number of esters is 1. The van der Waals surface area contributed by atoms with Gasteiger partial charge in [-0.1, -0.05) is 0 Å². The van der Waals surface area contributed by atoms with Crippen molar-refractivity contribution in [3.63, 3.8) is 0 Å². The van der Waals surface area contributed by atoms with Crippen LogP contribution in [0.1, 0.15) is 29.8 Å². The highest BCUT2D eigenvalue weighted by Gasteiger charge is 2.34. The highest BCUT2D eigenvalue weighted by Crippen LogP contribution is 2.43. The van der Waals surface area contributed by atoms with Crippen LogP contribution in [-0.4, -0.2) is 45.5 Å². The van der Waals surface area contributed by atoms with E-state index in [9.17, 15) is 13.2 Å². The lowest BCUT2D eigenvalue weighted by atomic mass is 10.00. The van der Waals surface area contributed by atoms with E-state index in [2.05, 4.69) is 0 Å². The molecule has 0 N–H and O–H groups in total. The average Bonchev–Trinajstić information content (AvgIpc) is 2.95. The van der Waals surface area contributed by atoms with Gasteiger partial charge in [-0.25, -0.2) is 17.5 Å². The Labute approximate surface area is 164 Å². The molecule has 2 aromatic carbocycles. The fourth-order valence-electron chi connectivity index (χ4n) is 2.99. The molecule has 28 heavy (non-hydrogen) atoms. The maximum absolute atomic E-state index is 12.2. The van der Waals surface area contributed by atoms with Crippen molar-refractivity contribution < 1.29 is 27.4 Å². The third-order valence-electron chi connectivity index (χ3n) is 4.41. The standard InChI is InChI=1S/C20H23NO6S/c1-20(2)12-16-17(10-13(19(22)25-5)11-18(16)27-20)26-14-6-8-15(9-7-14)28(23,24)21(3)4/h6-11H,12H2,1-5H3. The summed E-state index contributed by atoms with van der Waals surface area (Å²) in [7, 11) is 0.745. The summed E-state index contributed by atoms with van der Waals surface area (Å²) >= 11 is 0. The van der Waals surface area contributed by atoms with Gasteiger partial charge in [0.05, 0.1) is 17.6 Å². The van der Waals surface area contributed by atoms with Crippen LogP contribution in [0, 0.1) is 0 Å². The van der Waals surface area contributed by atoms with Crippen LogP contribution in [0.5, 0.6) is 17.2 Å². The first-order chi connectivity index (χ1) is 13.0. The zero-order valence-electron chi connectivity index (χ0n) is 16.5. The Morgan fingerprint density at radius 3 is 2.36 bits per heavy atom. The second kappa shape index (κ2) is 7.10. The molecule has 0 aliphatic carbocycles. The molecule has 0 fully saturated rings. The molecule has 1 aliphatic rings. The zero-order valence-corrected chi connectivity index (χ0v) is 17.3. The van der Waals surface area contributed by atoms with Crippen LogP contribution in [-0.2, 0) is 21.2 Å². The molecule has 3 rings (SSSR count). The van der Waals surface area contributed by atoms with Crippen LogP contribution < -0.4 is 9.47 Å². The van der Waals surface area contributed by atoms with Crippen LogP contribution in [0.3, 0.4) is 0 Å². The van der Waals surface area contributed by atoms with Crippen molar-refractivity contribution in [3.05, 3.63) is 47.5 Å². The minimum Gasteiger partial charge on any atom is -0.487 e. The topological polar surface area (TPSA) is 82.1 Å². The molecule has 1 aliphatic heterocycles. The molecule has 0 saturated carbocycles. The number of nitrogens with zero attached hydrogens (tertiary/aromatic N) is 1. The second-order valence-electron chi connectivity index (χ2n) is 7.34. The lowest BCUT2D eigenvalue weighted by molar-refractivity contribution is 0.0599. The van der Waals surface area contributed by atoms with Crippen molar-refractivity contribution in [2.24, 2.45) is 0 Å². The second-order valence-corrected chi connectivity index (χ2v) is 9.49. The number of sulfonamides is 1. The zero-order chi connectivity index (χ0) is 20.7. The highest BCUT2D eigenvalue weighted by molar-refractivity contribution is 7.89. The van der Waals surface area contributed by atoms with E-state index in [1.54, 1.807) is 24.3 Å². The number of carbonyl (C=O) groups is 1. The van der Waals surface area contributed by atoms with Crippen LogP contribution >= 0.6 is 0 Å². The predicted molar refractivity (Wildman–Crippen MR) is 104 cm³/mol. The van der Waals surface area contributed by atoms with Crippen molar-refractivity contribution in [1.82, 2.24) is 4.31 Å². The lowest BCUT2D eigenvalue weighted by Crippen LogP contribution is -2.24. The summed E-state index contributed by atoms with van der Waals surface area (Å²) in [5, 5.41) is 0. The van der Waals surface area contributed by atoms with Gasteiger partial charge >= 0.3 is 5.97 Å².